The van der Waals surface area contributed by atoms with Crippen LogP contribution >= 0.6 is 0 Å². The third-order valence-corrected chi connectivity index (χ3v) is 2.23. The Kier molecular flexibility index (Phi) is 4.46. The fourth-order valence-electron chi connectivity index (χ4n) is 1.49. The average Bonchev–Trinajstić information content (AvgIpc) is 2.63. The minimum absolute atomic E-state index is 0.372. The van der Waals surface area contributed by atoms with Gasteiger partial charge in [-0.15, -0.1) is 0 Å². The van der Waals surface area contributed by atoms with Crippen molar-refractivity contribution in [2.45, 2.75) is 26.3 Å². The highest BCUT2D eigenvalue weighted by Gasteiger charge is 2.11. The van der Waals surface area contributed by atoms with E-state index in [1.807, 2.05) is 12.4 Å². The van der Waals surface area contributed by atoms with Crippen LogP contribution in [0.3, 0.4) is 0 Å². The van der Waals surface area contributed by atoms with Crippen LogP contribution in [0.5, 0.6) is 0 Å². The van der Waals surface area contributed by atoms with Crippen molar-refractivity contribution in [1.82, 2.24) is 9.55 Å². The summed E-state index contributed by atoms with van der Waals surface area (Å²) in [5.74, 6) is 0.927. The third-order valence-electron chi connectivity index (χ3n) is 2.23. The smallest absolute Gasteiger partial charge is 0.203 e. The summed E-state index contributed by atoms with van der Waals surface area (Å²) >= 11 is 0. The number of hydrogen-bond acceptors (Lipinski definition) is 3. The SMILES string of the molecule is CCNc1nccn1C(CC)COC. The molecule has 0 saturated heterocycles. The third kappa shape index (κ3) is 2.48. The molecule has 0 aromatic carbocycles. The second kappa shape index (κ2) is 5.65. The van der Waals surface area contributed by atoms with E-state index in [1.54, 1.807) is 7.11 Å². The van der Waals surface area contributed by atoms with E-state index in [-0.39, 0.29) is 0 Å². The molecule has 0 aliphatic carbocycles. The molecular formula is C10H19N3O. The Labute approximate surface area is 85.3 Å². The molecule has 0 spiro atoms. The van der Waals surface area contributed by atoms with Gasteiger partial charge in [0.2, 0.25) is 5.95 Å². The molecule has 1 aromatic heterocycles. The fourth-order valence-corrected chi connectivity index (χ4v) is 1.49. The van der Waals surface area contributed by atoms with E-state index >= 15 is 0 Å². The predicted molar refractivity (Wildman–Crippen MR) is 57.6 cm³/mol. The molecule has 0 aliphatic rings. The number of ether oxygens (including phenoxy) is 1. The van der Waals surface area contributed by atoms with Gasteiger partial charge in [0.25, 0.3) is 0 Å². The minimum atomic E-state index is 0.372. The maximum absolute atomic E-state index is 5.18. The lowest BCUT2D eigenvalue weighted by Crippen LogP contribution is -2.16. The molecule has 4 nitrogen and oxygen atoms in total. The maximum atomic E-state index is 5.18. The largest absolute Gasteiger partial charge is 0.383 e. The summed E-state index contributed by atoms with van der Waals surface area (Å²) < 4.78 is 7.31. The summed E-state index contributed by atoms with van der Waals surface area (Å²) in [4.78, 5) is 4.25. The molecule has 0 radical (unpaired) electrons. The summed E-state index contributed by atoms with van der Waals surface area (Å²) in [6.07, 6.45) is 4.85. The van der Waals surface area contributed by atoms with E-state index in [9.17, 15) is 0 Å². The fraction of sp³-hybridized carbons (Fsp3) is 0.700. The topological polar surface area (TPSA) is 39.1 Å². The first-order valence-electron chi connectivity index (χ1n) is 5.09. The van der Waals surface area contributed by atoms with Gasteiger partial charge >= 0.3 is 0 Å². The van der Waals surface area contributed by atoms with E-state index in [4.69, 9.17) is 4.74 Å². The maximum Gasteiger partial charge on any atom is 0.203 e. The second-order valence-electron chi connectivity index (χ2n) is 3.21. The van der Waals surface area contributed by atoms with Gasteiger partial charge in [0.05, 0.1) is 12.6 Å². The number of aromatic nitrogens is 2. The van der Waals surface area contributed by atoms with Gasteiger partial charge in [-0.05, 0) is 13.3 Å². The highest BCUT2D eigenvalue weighted by Crippen LogP contribution is 2.16. The molecule has 0 fully saturated rings. The van der Waals surface area contributed by atoms with E-state index in [0.717, 1.165) is 25.5 Å². The average molecular weight is 197 g/mol. The lowest BCUT2D eigenvalue weighted by molar-refractivity contribution is 0.154. The zero-order valence-electron chi connectivity index (χ0n) is 9.16. The lowest BCUT2D eigenvalue weighted by Gasteiger charge is -2.18. The van der Waals surface area contributed by atoms with Gasteiger partial charge in [-0.2, -0.15) is 0 Å². The van der Waals surface area contributed by atoms with Gasteiger partial charge in [-0.3, -0.25) is 0 Å². The zero-order valence-corrected chi connectivity index (χ0v) is 9.16. The van der Waals surface area contributed by atoms with Crippen molar-refractivity contribution in [2.24, 2.45) is 0 Å². The van der Waals surface area contributed by atoms with Gasteiger partial charge in [-0.25, -0.2) is 4.98 Å². The van der Waals surface area contributed by atoms with Gasteiger partial charge in [0.1, 0.15) is 0 Å². The molecule has 1 aromatic rings. The van der Waals surface area contributed by atoms with Gasteiger partial charge in [0, 0.05) is 26.0 Å². The van der Waals surface area contributed by atoms with Gasteiger partial charge < -0.3 is 14.6 Å². The van der Waals surface area contributed by atoms with Crippen LogP contribution in [0.25, 0.3) is 0 Å². The first-order valence-corrected chi connectivity index (χ1v) is 5.09. The highest BCUT2D eigenvalue weighted by atomic mass is 16.5. The lowest BCUT2D eigenvalue weighted by atomic mass is 10.2. The van der Waals surface area contributed by atoms with Crippen LogP contribution in [0.15, 0.2) is 12.4 Å². The van der Waals surface area contributed by atoms with Crippen LogP contribution in [-0.2, 0) is 4.74 Å². The molecule has 1 N–H and O–H groups in total. The number of nitrogens with zero attached hydrogens (tertiary/aromatic N) is 2. The molecule has 0 saturated carbocycles. The Morgan fingerprint density at radius 1 is 1.57 bits per heavy atom. The van der Waals surface area contributed by atoms with E-state index in [0.29, 0.717) is 6.04 Å². The molecule has 0 bridgehead atoms. The van der Waals surface area contributed by atoms with Crippen molar-refractivity contribution in [3.63, 3.8) is 0 Å². The van der Waals surface area contributed by atoms with Crippen LogP contribution in [0, 0.1) is 0 Å². The zero-order chi connectivity index (χ0) is 10.4. The molecule has 1 heterocycles. The highest BCUT2D eigenvalue weighted by molar-refractivity contribution is 5.26. The van der Waals surface area contributed by atoms with Crippen LogP contribution in [-0.4, -0.2) is 29.8 Å². The second-order valence-corrected chi connectivity index (χ2v) is 3.21. The Morgan fingerprint density at radius 3 is 2.93 bits per heavy atom. The molecule has 0 aliphatic heterocycles. The Morgan fingerprint density at radius 2 is 2.36 bits per heavy atom. The summed E-state index contributed by atoms with van der Waals surface area (Å²) in [6.45, 7) is 5.83. The van der Waals surface area contributed by atoms with Crippen LogP contribution in [0.4, 0.5) is 5.95 Å². The Hall–Kier alpha value is -1.03. The first-order chi connectivity index (χ1) is 6.83. The Bertz CT molecular complexity index is 260. The van der Waals surface area contributed by atoms with E-state index < -0.39 is 0 Å². The molecule has 1 rings (SSSR count). The Balaban J connectivity index is 2.74. The van der Waals surface area contributed by atoms with Crippen molar-refractivity contribution < 1.29 is 4.74 Å². The predicted octanol–water partition coefficient (Wildman–Crippen LogP) is 1.91. The van der Waals surface area contributed by atoms with Crippen molar-refractivity contribution in [3.05, 3.63) is 12.4 Å². The van der Waals surface area contributed by atoms with E-state index in [2.05, 4.69) is 28.7 Å². The number of rotatable bonds is 6. The van der Waals surface area contributed by atoms with Crippen LogP contribution in [0.1, 0.15) is 26.3 Å². The van der Waals surface area contributed by atoms with Crippen LogP contribution < -0.4 is 5.32 Å². The molecule has 80 valence electrons. The molecule has 14 heavy (non-hydrogen) atoms. The minimum Gasteiger partial charge on any atom is -0.383 e. The number of hydrogen-bond donors (Lipinski definition) is 1. The molecule has 1 unspecified atom stereocenters. The number of anilines is 1. The van der Waals surface area contributed by atoms with Crippen LogP contribution in [0.2, 0.25) is 0 Å². The van der Waals surface area contributed by atoms with Crippen molar-refractivity contribution >= 4 is 5.95 Å². The molecule has 4 heteroatoms. The van der Waals surface area contributed by atoms with Crippen molar-refractivity contribution in [2.75, 3.05) is 25.6 Å². The number of imidazole rings is 1. The monoisotopic (exact) mass is 197 g/mol. The van der Waals surface area contributed by atoms with Gasteiger partial charge in [-0.1, -0.05) is 6.92 Å². The normalized spacial score (nSPS) is 12.8. The van der Waals surface area contributed by atoms with Crippen molar-refractivity contribution in [3.8, 4) is 0 Å². The molecule has 1 atom stereocenters. The van der Waals surface area contributed by atoms with Crippen molar-refractivity contribution in [1.29, 1.82) is 0 Å². The number of methoxy groups -OCH3 is 1. The molecular weight excluding hydrogens is 178 g/mol. The summed E-state index contributed by atoms with van der Waals surface area (Å²) in [6, 6.07) is 0.372. The standard InChI is InChI=1S/C10H19N3O/c1-4-9(8-14-3)13-7-6-12-10(13)11-5-2/h6-7,9H,4-5,8H2,1-3H3,(H,11,12). The summed E-state index contributed by atoms with van der Waals surface area (Å²) in [5.41, 5.74) is 0. The van der Waals surface area contributed by atoms with E-state index in [1.165, 1.54) is 0 Å². The quantitative estimate of drug-likeness (QED) is 0.757. The summed E-state index contributed by atoms with van der Waals surface area (Å²) in [5, 5.41) is 3.23. The first kappa shape index (κ1) is 11.0. The number of nitrogens with one attached hydrogen (secondary N) is 1. The molecule has 0 amide bonds. The summed E-state index contributed by atoms with van der Waals surface area (Å²) in [7, 11) is 1.73. The van der Waals surface area contributed by atoms with Gasteiger partial charge in [0.15, 0.2) is 0 Å².